The van der Waals surface area contributed by atoms with Crippen LogP contribution in [0.5, 0.6) is 11.5 Å². The van der Waals surface area contributed by atoms with Gasteiger partial charge in [0.25, 0.3) is 0 Å². The fourth-order valence-electron chi connectivity index (χ4n) is 2.36. The van der Waals surface area contributed by atoms with E-state index in [1.807, 2.05) is 12.1 Å². The molecular weight excluding hydrogens is 240 g/mol. The number of hydrogen-bond acceptors (Lipinski definition) is 3. The molecule has 1 aliphatic carbocycles. The fraction of sp³-hybridized carbons (Fsp3) is 0.462. The van der Waals surface area contributed by atoms with Crippen LogP contribution in [-0.2, 0) is 4.79 Å². The number of Topliss-reactive ketones (excluding diaryl/α,β-unsaturated/α-hetero) is 1. The number of carbonyl (C=O) groups excluding carboxylic acids is 1. The summed E-state index contributed by atoms with van der Waals surface area (Å²) in [4.78, 5) is 11.3. The first-order chi connectivity index (χ1) is 8.16. The van der Waals surface area contributed by atoms with Crippen molar-refractivity contribution in [2.75, 3.05) is 13.2 Å². The lowest BCUT2D eigenvalue weighted by Crippen LogP contribution is -2.15. The Balaban J connectivity index is 1.92. The highest BCUT2D eigenvalue weighted by atomic mass is 35.5. The molecule has 0 saturated heterocycles. The number of rotatable bonds is 2. The first-order valence-corrected chi connectivity index (χ1v) is 6.14. The van der Waals surface area contributed by atoms with Crippen LogP contribution < -0.4 is 9.47 Å². The Kier molecular flexibility index (Phi) is 2.51. The Morgan fingerprint density at radius 2 is 2.12 bits per heavy atom. The molecule has 2 unspecified atom stereocenters. The van der Waals surface area contributed by atoms with E-state index in [4.69, 9.17) is 21.1 Å². The minimum absolute atomic E-state index is 0.161. The monoisotopic (exact) mass is 252 g/mol. The van der Waals surface area contributed by atoms with Gasteiger partial charge < -0.3 is 9.47 Å². The molecule has 0 radical (unpaired) electrons. The van der Waals surface area contributed by atoms with Gasteiger partial charge in [-0.05, 0) is 37.0 Å². The summed E-state index contributed by atoms with van der Waals surface area (Å²) in [6.45, 7) is 2.73. The lowest BCUT2D eigenvalue weighted by molar-refractivity contribution is -0.118. The second-order valence-electron chi connectivity index (χ2n) is 4.59. The minimum atomic E-state index is 0.161. The van der Waals surface area contributed by atoms with Crippen LogP contribution >= 0.6 is 11.6 Å². The van der Waals surface area contributed by atoms with Gasteiger partial charge in [-0.25, -0.2) is 0 Å². The van der Waals surface area contributed by atoms with Crippen molar-refractivity contribution in [3.8, 4) is 11.5 Å². The van der Waals surface area contributed by atoms with Gasteiger partial charge in [-0.1, -0.05) is 11.6 Å². The number of benzene rings is 1. The smallest absolute Gasteiger partial charge is 0.179 e. The van der Waals surface area contributed by atoms with E-state index in [0.29, 0.717) is 35.7 Å². The third-order valence-electron chi connectivity index (χ3n) is 3.36. The summed E-state index contributed by atoms with van der Waals surface area (Å²) in [6.07, 6.45) is 0.922. The molecule has 1 fully saturated rings. The van der Waals surface area contributed by atoms with Crippen LogP contribution in [0, 0.1) is 5.92 Å². The van der Waals surface area contributed by atoms with Crippen LogP contribution in [0.25, 0.3) is 0 Å². The zero-order valence-electron chi connectivity index (χ0n) is 9.53. The lowest BCUT2D eigenvalue weighted by atomic mass is 10.1. The Morgan fingerprint density at radius 3 is 2.82 bits per heavy atom. The molecule has 0 amide bonds. The average molecular weight is 253 g/mol. The number of ketones is 1. The van der Waals surface area contributed by atoms with Crippen molar-refractivity contribution in [3.63, 3.8) is 0 Å². The predicted molar refractivity (Wildman–Crippen MR) is 64.0 cm³/mol. The third kappa shape index (κ3) is 1.89. The molecule has 0 N–H and O–H groups in total. The quantitative estimate of drug-likeness (QED) is 0.812. The molecule has 0 aromatic heterocycles. The zero-order valence-corrected chi connectivity index (χ0v) is 10.3. The van der Waals surface area contributed by atoms with Gasteiger partial charge in [-0.15, -0.1) is 0 Å². The minimum Gasteiger partial charge on any atom is -0.486 e. The second-order valence-corrected chi connectivity index (χ2v) is 4.99. The molecule has 0 bridgehead atoms. The summed E-state index contributed by atoms with van der Waals surface area (Å²) >= 11 is 6.16. The molecule has 3 nitrogen and oxygen atoms in total. The van der Waals surface area contributed by atoms with Crippen LogP contribution in [0.1, 0.15) is 24.8 Å². The van der Waals surface area contributed by atoms with E-state index < -0.39 is 0 Å². The summed E-state index contributed by atoms with van der Waals surface area (Å²) in [5, 5.41) is 0.575. The third-order valence-corrected chi connectivity index (χ3v) is 3.64. The predicted octanol–water partition coefficient (Wildman–Crippen LogP) is 2.80. The van der Waals surface area contributed by atoms with Gasteiger partial charge in [0.1, 0.15) is 19.0 Å². The second kappa shape index (κ2) is 3.91. The van der Waals surface area contributed by atoms with Gasteiger partial charge >= 0.3 is 0 Å². The van der Waals surface area contributed by atoms with E-state index in [-0.39, 0.29) is 11.7 Å². The first-order valence-electron chi connectivity index (χ1n) is 5.76. The van der Waals surface area contributed by atoms with E-state index in [0.717, 1.165) is 12.0 Å². The van der Waals surface area contributed by atoms with E-state index in [2.05, 4.69) is 0 Å². The summed E-state index contributed by atoms with van der Waals surface area (Å²) < 4.78 is 11.0. The van der Waals surface area contributed by atoms with Gasteiger partial charge in [0, 0.05) is 5.92 Å². The molecule has 3 rings (SSSR count). The molecule has 1 aromatic carbocycles. The molecule has 1 aromatic rings. The molecule has 90 valence electrons. The topological polar surface area (TPSA) is 35.5 Å². The van der Waals surface area contributed by atoms with E-state index in [9.17, 15) is 4.79 Å². The van der Waals surface area contributed by atoms with Crippen molar-refractivity contribution < 1.29 is 14.3 Å². The molecule has 2 aliphatic rings. The molecule has 1 aliphatic heterocycles. The highest BCUT2D eigenvalue weighted by Crippen LogP contribution is 2.51. The fourth-order valence-corrected chi connectivity index (χ4v) is 2.63. The highest BCUT2D eigenvalue weighted by molar-refractivity contribution is 6.32. The zero-order chi connectivity index (χ0) is 12.0. The SMILES string of the molecule is CC(=O)C1CC1c1cc(Cl)c2c(c1)OCCO2. The number of fused-ring (bicyclic) bond motifs is 1. The Hall–Kier alpha value is -1.22. The Bertz CT molecular complexity index is 484. The van der Waals surface area contributed by atoms with Crippen molar-refractivity contribution in [1.29, 1.82) is 0 Å². The Labute approximate surface area is 105 Å². The van der Waals surface area contributed by atoms with Crippen LogP contribution in [0.2, 0.25) is 5.02 Å². The summed E-state index contributed by atoms with van der Waals surface area (Å²) in [5.41, 5.74) is 1.08. The van der Waals surface area contributed by atoms with Crippen LogP contribution in [-0.4, -0.2) is 19.0 Å². The van der Waals surface area contributed by atoms with E-state index in [1.165, 1.54) is 0 Å². The number of ether oxygens (including phenoxy) is 2. The largest absolute Gasteiger partial charge is 0.486 e. The highest BCUT2D eigenvalue weighted by Gasteiger charge is 2.42. The van der Waals surface area contributed by atoms with Gasteiger partial charge in [0.15, 0.2) is 11.5 Å². The maximum absolute atomic E-state index is 11.3. The van der Waals surface area contributed by atoms with Crippen LogP contribution in [0.4, 0.5) is 0 Å². The maximum atomic E-state index is 11.3. The molecular formula is C13H13ClO3. The van der Waals surface area contributed by atoms with Crippen molar-refractivity contribution in [2.45, 2.75) is 19.3 Å². The first kappa shape index (κ1) is 10.9. The molecule has 17 heavy (non-hydrogen) atoms. The average Bonchev–Trinajstić information content (AvgIpc) is 3.09. The summed E-state index contributed by atoms with van der Waals surface area (Å²) in [7, 11) is 0. The van der Waals surface area contributed by atoms with Crippen LogP contribution in [0.15, 0.2) is 12.1 Å². The number of hydrogen-bond donors (Lipinski definition) is 0. The molecule has 1 saturated carbocycles. The van der Waals surface area contributed by atoms with E-state index >= 15 is 0 Å². The standard InChI is InChI=1S/C13H13ClO3/c1-7(15)9-6-10(9)8-4-11(14)13-12(5-8)16-2-3-17-13/h4-5,9-10H,2-3,6H2,1H3. The Morgan fingerprint density at radius 1 is 1.35 bits per heavy atom. The van der Waals surface area contributed by atoms with Crippen molar-refractivity contribution in [2.24, 2.45) is 5.92 Å². The van der Waals surface area contributed by atoms with Crippen molar-refractivity contribution >= 4 is 17.4 Å². The summed E-state index contributed by atoms with van der Waals surface area (Å²) in [6, 6.07) is 3.84. The number of carbonyl (C=O) groups is 1. The van der Waals surface area contributed by atoms with Gasteiger partial charge in [-0.2, -0.15) is 0 Å². The summed E-state index contributed by atoms with van der Waals surface area (Å²) in [5.74, 6) is 2.05. The molecule has 0 spiro atoms. The lowest BCUT2D eigenvalue weighted by Gasteiger charge is -2.20. The maximum Gasteiger partial charge on any atom is 0.179 e. The molecule has 1 heterocycles. The van der Waals surface area contributed by atoms with Crippen molar-refractivity contribution in [1.82, 2.24) is 0 Å². The van der Waals surface area contributed by atoms with Gasteiger partial charge in [0.05, 0.1) is 5.02 Å². The van der Waals surface area contributed by atoms with Crippen LogP contribution in [0.3, 0.4) is 0 Å². The van der Waals surface area contributed by atoms with Crippen molar-refractivity contribution in [3.05, 3.63) is 22.7 Å². The van der Waals surface area contributed by atoms with Gasteiger partial charge in [-0.3, -0.25) is 4.79 Å². The van der Waals surface area contributed by atoms with Gasteiger partial charge in [0.2, 0.25) is 0 Å². The molecule has 2 atom stereocenters. The normalized spacial score (nSPS) is 25.5. The number of halogens is 1. The molecule has 4 heteroatoms. The van der Waals surface area contributed by atoms with E-state index in [1.54, 1.807) is 6.92 Å².